The van der Waals surface area contributed by atoms with Gasteiger partial charge in [0, 0.05) is 25.2 Å². The van der Waals surface area contributed by atoms with E-state index in [4.69, 9.17) is 10.5 Å². The second kappa shape index (κ2) is 6.61. The molecule has 1 aromatic rings. The molecule has 1 fully saturated rings. The maximum Gasteiger partial charge on any atom is 0.251 e. The smallest absolute Gasteiger partial charge is 0.251 e. The van der Waals surface area contributed by atoms with E-state index in [1.807, 2.05) is 13.0 Å². The first-order chi connectivity index (χ1) is 9.65. The number of nitrogens with two attached hydrogens (primary N) is 1. The van der Waals surface area contributed by atoms with Crippen LogP contribution in [-0.2, 0) is 4.74 Å². The number of anilines is 2. The molecular formula is C15H23N3O2. The second-order valence-corrected chi connectivity index (χ2v) is 4.98. The van der Waals surface area contributed by atoms with E-state index in [2.05, 4.69) is 17.1 Å². The standard InChI is InChI=1S/C15H23N3O2/c1-3-12-10-18(7-8-20-12)14-9-11(5-6-13(14)16)15(19)17-4-2/h5-6,9,12H,3-4,7-8,10,16H2,1-2H3,(H,17,19). The average molecular weight is 277 g/mol. The number of hydrogen-bond donors (Lipinski definition) is 2. The minimum atomic E-state index is -0.0611. The van der Waals surface area contributed by atoms with Gasteiger partial charge in [-0.05, 0) is 31.5 Å². The number of morpholine rings is 1. The third-order valence-corrected chi connectivity index (χ3v) is 3.56. The van der Waals surface area contributed by atoms with E-state index in [9.17, 15) is 4.79 Å². The Morgan fingerprint density at radius 3 is 3.00 bits per heavy atom. The molecule has 1 aliphatic rings. The maximum absolute atomic E-state index is 11.9. The molecule has 2 rings (SSSR count). The summed E-state index contributed by atoms with van der Waals surface area (Å²) in [5.41, 5.74) is 8.35. The summed E-state index contributed by atoms with van der Waals surface area (Å²) in [7, 11) is 0. The average Bonchev–Trinajstić information content (AvgIpc) is 2.48. The molecule has 1 amide bonds. The molecule has 3 N–H and O–H groups in total. The predicted molar refractivity (Wildman–Crippen MR) is 81.1 cm³/mol. The molecule has 5 heteroatoms. The van der Waals surface area contributed by atoms with Gasteiger partial charge < -0.3 is 20.7 Å². The van der Waals surface area contributed by atoms with Crippen LogP contribution in [0.4, 0.5) is 11.4 Å². The zero-order valence-electron chi connectivity index (χ0n) is 12.2. The van der Waals surface area contributed by atoms with E-state index in [1.165, 1.54) is 0 Å². The van der Waals surface area contributed by atoms with Crippen LogP contribution in [0.3, 0.4) is 0 Å². The monoisotopic (exact) mass is 277 g/mol. The Kier molecular flexibility index (Phi) is 4.84. The summed E-state index contributed by atoms with van der Waals surface area (Å²) in [6.07, 6.45) is 1.21. The van der Waals surface area contributed by atoms with E-state index in [0.717, 1.165) is 25.2 Å². The third kappa shape index (κ3) is 3.22. The van der Waals surface area contributed by atoms with Gasteiger partial charge in [-0.1, -0.05) is 6.92 Å². The number of ether oxygens (including phenoxy) is 1. The van der Waals surface area contributed by atoms with Crippen LogP contribution in [-0.4, -0.2) is 38.3 Å². The van der Waals surface area contributed by atoms with Gasteiger partial charge in [0.15, 0.2) is 0 Å². The lowest BCUT2D eigenvalue weighted by atomic mass is 10.1. The van der Waals surface area contributed by atoms with Gasteiger partial charge in [-0.25, -0.2) is 0 Å². The van der Waals surface area contributed by atoms with Crippen LogP contribution >= 0.6 is 0 Å². The fraction of sp³-hybridized carbons (Fsp3) is 0.533. The van der Waals surface area contributed by atoms with Crippen molar-refractivity contribution in [3.05, 3.63) is 23.8 Å². The van der Waals surface area contributed by atoms with E-state index in [1.54, 1.807) is 12.1 Å². The lowest BCUT2D eigenvalue weighted by Crippen LogP contribution is -2.42. The largest absolute Gasteiger partial charge is 0.397 e. The number of carbonyl (C=O) groups excluding carboxylic acids is 1. The summed E-state index contributed by atoms with van der Waals surface area (Å²) < 4.78 is 5.67. The number of amides is 1. The fourth-order valence-electron chi connectivity index (χ4n) is 2.41. The van der Waals surface area contributed by atoms with Crippen LogP contribution in [0, 0.1) is 0 Å². The number of benzene rings is 1. The molecule has 5 nitrogen and oxygen atoms in total. The molecular weight excluding hydrogens is 254 g/mol. The number of rotatable bonds is 4. The van der Waals surface area contributed by atoms with Crippen molar-refractivity contribution < 1.29 is 9.53 Å². The van der Waals surface area contributed by atoms with Gasteiger partial charge in [0.05, 0.1) is 24.1 Å². The lowest BCUT2D eigenvalue weighted by molar-refractivity contribution is 0.0385. The molecule has 0 radical (unpaired) electrons. The predicted octanol–water partition coefficient (Wildman–Crippen LogP) is 1.63. The molecule has 1 atom stereocenters. The van der Waals surface area contributed by atoms with Crippen LogP contribution < -0.4 is 16.0 Å². The Labute approximate surface area is 120 Å². The van der Waals surface area contributed by atoms with Crippen molar-refractivity contribution in [1.29, 1.82) is 0 Å². The van der Waals surface area contributed by atoms with Crippen LogP contribution in [0.2, 0.25) is 0 Å². The summed E-state index contributed by atoms with van der Waals surface area (Å²) in [5, 5.41) is 2.81. The van der Waals surface area contributed by atoms with Crippen LogP contribution in [0.1, 0.15) is 30.6 Å². The molecule has 1 heterocycles. The molecule has 0 saturated carbocycles. The molecule has 0 bridgehead atoms. The highest BCUT2D eigenvalue weighted by Gasteiger charge is 2.21. The summed E-state index contributed by atoms with van der Waals surface area (Å²) in [5.74, 6) is -0.0611. The minimum Gasteiger partial charge on any atom is -0.397 e. The molecule has 1 saturated heterocycles. The quantitative estimate of drug-likeness (QED) is 0.821. The van der Waals surface area contributed by atoms with Gasteiger partial charge in [-0.15, -0.1) is 0 Å². The Balaban J connectivity index is 2.21. The minimum absolute atomic E-state index is 0.0611. The zero-order chi connectivity index (χ0) is 14.5. The number of nitrogens with zero attached hydrogens (tertiary/aromatic N) is 1. The normalized spacial score (nSPS) is 18.9. The van der Waals surface area contributed by atoms with Gasteiger partial charge in [0.25, 0.3) is 5.91 Å². The van der Waals surface area contributed by atoms with Crippen LogP contribution in [0.5, 0.6) is 0 Å². The maximum atomic E-state index is 11.9. The first-order valence-electron chi connectivity index (χ1n) is 7.20. The Bertz CT molecular complexity index is 476. The zero-order valence-corrected chi connectivity index (χ0v) is 12.2. The molecule has 20 heavy (non-hydrogen) atoms. The van der Waals surface area contributed by atoms with Crippen molar-refractivity contribution in [2.75, 3.05) is 36.9 Å². The van der Waals surface area contributed by atoms with Crippen LogP contribution in [0.15, 0.2) is 18.2 Å². The number of nitrogen functional groups attached to an aromatic ring is 1. The van der Waals surface area contributed by atoms with Gasteiger partial charge in [0.2, 0.25) is 0 Å². The van der Waals surface area contributed by atoms with E-state index in [0.29, 0.717) is 24.4 Å². The van der Waals surface area contributed by atoms with Crippen molar-refractivity contribution in [3.63, 3.8) is 0 Å². The summed E-state index contributed by atoms with van der Waals surface area (Å²) in [4.78, 5) is 14.1. The van der Waals surface area contributed by atoms with E-state index < -0.39 is 0 Å². The highest BCUT2D eigenvalue weighted by Crippen LogP contribution is 2.27. The van der Waals surface area contributed by atoms with Crippen molar-refractivity contribution >= 4 is 17.3 Å². The summed E-state index contributed by atoms with van der Waals surface area (Å²) >= 11 is 0. The first kappa shape index (κ1) is 14.7. The van der Waals surface area contributed by atoms with Gasteiger partial charge in [-0.3, -0.25) is 4.79 Å². The Morgan fingerprint density at radius 1 is 1.50 bits per heavy atom. The van der Waals surface area contributed by atoms with Gasteiger partial charge in [-0.2, -0.15) is 0 Å². The van der Waals surface area contributed by atoms with E-state index in [-0.39, 0.29) is 12.0 Å². The SMILES string of the molecule is CCNC(=O)c1ccc(N)c(N2CCOC(CC)C2)c1. The van der Waals surface area contributed by atoms with Crippen molar-refractivity contribution in [2.24, 2.45) is 0 Å². The number of carbonyl (C=O) groups is 1. The Morgan fingerprint density at radius 2 is 2.30 bits per heavy atom. The topological polar surface area (TPSA) is 67.6 Å². The second-order valence-electron chi connectivity index (χ2n) is 4.98. The van der Waals surface area contributed by atoms with Crippen molar-refractivity contribution in [1.82, 2.24) is 5.32 Å². The van der Waals surface area contributed by atoms with Crippen molar-refractivity contribution in [2.45, 2.75) is 26.4 Å². The highest BCUT2D eigenvalue weighted by molar-refractivity contribution is 5.96. The third-order valence-electron chi connectivity index (χ3n) is 3.56. The van der Waals surface area contributed by atoms with Gasteiger partial charge >= 0.3 is 0 Å². The lowest BCUT2D eigenvalue weighted by Gasteiger charge is -2.35. The summed E-state index contributed by atoms with van der Waals surface area (Å²) in [6, 6.07) is 5.44. The molecule has 1 aliphatic heterocycles. The molecule has 0 aromatic heterocycles. The Hall–Kier alpha value is -1.75. The van der Waals surface area contributed by atoms with E-state index >= 15 is 0 Å². The number of hydrogen-bond acceptors (Lipinski definition) is 4. The molecule has 0 spiro atoms. The molecule has 0 aliphatic carbocycles. The highest BCUT2D eigenvalue weighted by atomic mass is 16.5. The number of nitrogens with one attached hydrogen (secondary N) is 1. The molecule has 1 unspecified atom stereocenters. The fourth-order valence-corrected chi connectivity index (χ4v) is 2.41. The van der Waals surface area contributed by atoms with Crippen LogP contribution in [0.25, 0.3) is 0 Å². The molecule has 110 valence electrons. The molecule has 1 aromatic carbocycles. The first-order valence-corrected chi connectivity index (χ1v) is 7.20. The van der Waals surface area contributed by atoms with Gasteiger partial charge in [0.1, 0.15) is 0 Å². The summed E-state index contributed by atoms with van der Waals surface area (Å²) in [6.45, 7) is 6.96. The van der Waals surface area contributed by atoms with Crippen molar-refractivity contribution in [3.8, 4) is 0 Å².